The molecule has 0 saturated heterocycles. The van der Waals surface area contributed by atoms with E-state index >= 15 is 0 Å². The van der Waals surface area contributed by atoms with Crippen molar-refractivity contribution in [2.24, 2.45) is 21.1 Å². The molecule has 2 aliphatic carbocycles. The lowest BCUT2D eigenvalue weighted by Gasteiger charge is -2.44. The van der Waals surface area contributed by atoms with E-state index < -0.39 is 5.66 Å². The van der Waals surface area contributed by atoms with Crippen molar-refractivity contribution in [2.75, 3.05) is 7.11 Å². The smallest absolute Gasteiger partial charge is 0.184 e. The van der Waals surface area contributed by atoms with Crippen LogP contribution in [0, 0.1) is 16.7 Å². The van der Waals surface area contributed by atoms with Crippen LogP contribution in [0.4, 0.5) is 0 Å². The van der Waals surface area contributed by atoms with Gasteiger partial charge in [-0.15, -0.1) is 0 Å². The molecule has 2 aromatic carbocycles. The van der Waals surface area contributed by atoms with Crippen molar-refractivity contribution in [1.82, 2.24) is 0 Å². The molecule has 1 saturated carbocycles. The van der Waals surface area contributed by atoms with Gasteiger partial charge in [0.15, 0.2) is 5.66 Å². The number of methoxy groups -OCH3 is 1. The van der Waals surface area contributed by atoms with Crippen LogP contribution in [0.3, 0.4) is 0 Å². The molecule has 0 unspecified atom stereocenters. The van der Waals surface area contributed by atoms with E-state index in [-0.39, 0.29) is 5.41 Å². The molecular formula is C26H28N4O. The van der Waals surface area contributed by atoms with Gasteiger partial charge >= 0.3 is 0 Å². The maximum Gasteiger partial charge on any atom is 0.184 e. The fraction of sp³-hybridized carbons (Fsp3) is 0.423. The number of hydrogen-bond acceptors (Lipinski definition) is 5. The van der Waals surface area contributed by atoms with Gasteiger partial charge in [0.25, 0.3) is 0 Å². The normalized spacial score (nSPS) is 29.0. The van der Waals surface area contributed by atoms with Gasteiger partial charge in [0.2, 0.25) is 0 Å². The molecule has 158 valence electrons. The van der Waals surface area contributed by atoms with Crippen molar-refractivity contribution in [3.05, 3.63) is 59.2 Å². The second-order valence-corrected chi connectivity index (χ2v) is 9.04. The third kappa shape index (κ3) is 2.93. The summed E-state index contributed by atoms with van der Waals surface area (Å²) in [5.74, 6) is 0.584. The van der Waals surface area contributed by atoms with Gasteiger partial charge in [0, 0.05) is 18.1 Å². The van der Waals surface area contributed by atoms with Gasteiger partial charge in [0.1, 0.15) is 5.84 Å². The standard InChI is InChI=1S/C26H28N4O/c1-3-23-24(28)30-26(29-23)22-14-19(18-6-4-5-17(13-18)16-27)7-8-20(22)15-25(26)11-9-21(31-2)10-12-25/h4-8,13-14,21H,3,9-12,15H2,1-2H3,(H2,28,30)/t21?,25?,26-/m0/s1. The van der Waals surface area contributed by atoms with Crippen LogP contribution in [-0.2, 0) is 16.8 Å². The van der Waals surface area contributed by atoms with E-state index in [1.807, 2.05) is 25.3 Å². The molecule has 1 heterocycles. The average Bonchev–Trinajstić information content (AvgIpc) is 3.28. The molecule has 5 nitrogen and oxygen atoms in total. The van der Waals surface area contributed by atoms with Crippen LogP contribution < -0.4 is 5.73 Å². The number of rotatable bonds is 3. The summed E-state index contributed by atoms with van der Waals surface area (Å²) < 4.78 is 5.66. The summed E-state index contributed by atoms with van der Waals surface area (Å²) in [6.07, 6.45) is 6.16. The molecule has 1 fully saturated rings. The lowest BCUT2D eigenvalue weighted by molar-refractivity contribution is -0.000389. The molecular weight excluding hydrogens is 384 g/mol. The minimum atomic E-state index is -0.640. The van der Waals surface area contributed by atoms with E-state index in [1.54, 1.807) is 0 Å². The second-order valence-electron chi connectivity index (χ2n) is 9.04. The predicted molar refractivity (Wildman–Crippen MR) is 123 cm³/mol. The first kappa shape index (κ1) is 20.0. The highest BCUT2D eigenvalue weighted by molar-refractivity contribution is 6.42. The fourth-order valence-corrected chi connectivity index (χ4v) is 5.82. The van der Waals surface area contributed by atoms with E-state index in [1.165, 1.54) is 11.1 Å². The summed E-state index contributed by atoms with van der Waals surface area (Å²) in [6, 6.07) is 16.6. The van der Waals surface area contributed by atoms with Gasteiger partial charge in [-0.3, -0.25) is 4.99 Å². The fourth-order valence-electron chi connectivity index (χ4n) is 5.82. The van der Waals surface area contributed by atoms with Gasteiger partial charge in [-0.2, -0.15) is 5.26 Å². The topological polar surface area (TPSA) is 83.8 Å². The zero-order valence-electron chi connectivity index (χ0n) is 18.2. The highest BCUT2D eigenvalue weighted by Crippen LogP contribution is 2.62. The Morgan fingerprint density at radius 3 is 2.58 bits per heavy atom. The Morgan fingerprint density at radius 2 is 1.90 bits per heavy atom. The average molecular weight is 413 g/mol. The van der Waals surface area contributed by atoms with Crippen molar-refractivity contribution in [2.45, 2.75) is 57.2 Å². The van der Waals surface area contributed by atoms with Crippen LogP contribution in [0.5, 0.6) is 0 Å². The van der Waals surface area contributed by atoms with E-state index in [0.717, 1.165) is 55.4 Å². The largest absolute Gasteiger partial charge is 0.382 e. The van der Waals surface area contributed by atoms with Crippen LogP contribution in [0.15, 0.2) is 52.4 Å². The zero-order valence-corrected chi connectivity index (χ0v) is 18.2. The van der Waals surface area contributed by atoms with Crippen LogP contribution in [-0.4, -0.2) is 24.8 Å². The summed E-state index contributed by atoms with van der Waals surface area (Å²) >= 11 is 0. The first-order valence-corrected chi connectivity index (χ1v) is 11.2. The van der Waals surface area contributed by atoms with Gasteiger partial charge < -0.3 is 10.5 Å². The van der Waals surface area contributed by atoms with E-state index in [2.05, 4.69) is 37.3 Å². The first-order chi connectivity index (χ1) is 15.0. The Balaban J connectivity index is 1.65. The molecule has 1 atom stereocenters. The SMILES string of the molecule is CCC1=N[C@]2(N=C1N)c1cc(-c3cccc(C#N)c3)ccc1CC21CCC(OC)CC1. The highest BCUT2D eigenvalue weighted by atomic mass is 16.5. The minimum Gasteiger partial charge on any atom is -0.382 e. The molecule has 5 rings (SSSR count). The number of aliphatic imine (C=N–C) groups is 2. The van der Waals surface area contributed by atoms with Crippen molar-refractivity contribution < 1.29 is 4.74 Å². The molecule has 2 N–H and O–H groups in total. The number of benzene rings is 2. The number of fused-ring (bicyclic) bond motifs is 3. The van der Waals surface area contributed by atoms with Gasteiger partial charge in [-0.05, 0) is 73.4 Å². The number of ether oxygens (including phenoxy) is 1. The Kier molecular flexibility index (Phi) is 4.71. The Morgan fingerprint density at radius 1 is 1.13 bits per heavy atom. The third-order valence-electron chi connectivity index (χ3n) is 7.51. The number of hydrogen-bond donors (Lipinski definition) is 1. The quantitative estimate of drug-likeness (QED) is 0.791. The number of nitriles is 1. The van der Waals surface area contributed by atoms with Crippen molar-refractivity contribution >= 4 is 11.5 Å². The summed E-state index contributed by atoms with van der Waals surface area (Å²) in [4.78, 5) is 10.4. The summed E-state index contributed by atoms with van der Waals surface area (Å²) in [7, 11) is 1.81. The van der Waals surface area contributed by atoms with Crippen LogP contribution in [0.2, 0.25) is 0 Å². The van der Waals surface area contributed by atoms with Gasteiger partial charge in [-0.1, -0.05) is 31.2 Å². The summed E-state index contributed by atoms with van der Waals surface area (Å²) in [5.41, 5.74) is 11.9. The Labute approximate surface area is 183 Å². The molecule has 0 bridgehead atoms. The third-order valence-corrected chi connectivity index (χ3v) is 7.51. The number of amidine groups is 1. The van der Waals surface area contributed by atoms with E-state index in [4.69, 9.17) is 20.5 Å². The van der Waals surface area contributed by atoms with Crippen molar-refractivity contribution in [1.29, 1.82) is 5.26 Å². The zero-order chi connectivity index (χ0) is 21.6. The second kappa shape index (κ2) is 7.32. The predicted octanol–water partition coefficient (Wildman–Crippen LogP) is 4.73. The van der Waals surface area contributed by atoms with E-state index in [9.17, 15) is 5.26 Å². The lowest BCUT2D eigenvalue weighted by atomic mass is 9.65. The monoisotopic (exact) mass is 412 g/mol. The molecule has 3 aliphatic rings. The van der Waals surface area contributed by atoms with Crippen molar-refractivity contribution in [3.63, 3.8) is 0 Å². The summed E-state index contributed by atoms with van der Waals surface area (Å²) in [5, 5.41) is 9.31. The lowest BCUT2D eigenvalue weighted by Crippen LogP contribution is -2.43. The van der Waals surface area contributed by atoms with E-state index in [0.29, 0.717) is 17.5 Å². The van der Waals surface area contributed by atoms with Gasteiger partial charge in [0.05, 0.1) is 23.4 Å². The molecule has 5 heteroatoms. The minimum absolute atomic E-state index is 0.0565. The maximum absolute atomic E-state index is 9.31. The van der Waals surface area contributed by atoms with Crippen LogP contribution >= 0.6 is 0 Å². The Bertz CT molecular complexity index is 1130. The van der Waals surface area contributed by atoms with Crippen LogP contribution in [0.25, 0.3) is 11.1 Å². The van der Waals surface area contributed by atoms with Crippen LogP contribution in [0.1, 0.15) is 55.7 Å². The molecule has 0 radical (unpaired) electrons. The maximum atomic E-state index is 9.31. The molecule has 0 aromatic heterocycles. The summed E-state index contributed by atoms with van der Waals surface area (Å²) in [6.45, 7) is 2.09. The molecule has 0 amide bonds. The van der Waals surface area contributed by atoms with Crippen molar-refractivity contribution in [3.8, 4) is 17.2 Å². The first-order valence-electron chi connectivity index (χ1n) is 11.2. The molecule has 2 aromatic rings. The molecule has 2 spiro atoms. The highest BCUT2D eigenvalue weighted by Gasteiger charge is 2.60. The van der Waals surface area contributed by atoms with Gasteiger partial charge in [-0.25, -0.2) is 4.99 Å². The number of nitrogens with two attached hydrogens (primary N) is 1. The number of nitrogens with zero attached hydrogens (tertiary/aromatic N) is 3. The molecule has 1 aliphatic heterocycles. The Hall–Kier alpha value is -2.97. The molecule has 31 heavy (non-hydrogen) atoms.